The van der Waals surface area contributed by atoms with E-state index in [-0.39, 0.29) is 5.92 Å². The molecular formula is C15H28N2O. The Kier molecular flexibility index (Phi) is 5.04. The fourth-order valence-electron chi connectivity index (χ4n) is 3.40. The predicted molar refractivity (Wildman–Crippen MR) is 74.5 cm³/mol. The van der Waals surface area contributed by atoms with Gasteiger partial charge in [-0.25, -0.2) is 0 Å². The first-order valence-corrected chi connectivity index (χ1v) is 7.79. The first-order chi connectivity index (χ1) is 8.76. The average molecular weight is 252 g/mol. The van der Waals surface area contributed by atoms with Crippen molar-refractivity contribution in [1.29, 1.82) is 0 Å². The van der Waals surface area contributed by atoms with Gasteiger partial charge < -0.3 is 4.90 Å². The molecule has 2 atom stereocenters. The SMILES string of the molecule is CCCC[C@H](CC)C(=O)N1CCN2CCC[C@H]2C1. The molecule has 0 saturated carbocycles. The number of nitrogens with zero attached hydrogens (tertiary/aromatic N) is 2. The Labute approximate surface area is 112 Å². The van der Waals surface area contributed by atoms with E-state index >= 15 is 0 Å². The number of fused-ring (bicyclic) bond motifs is 1. The van der Waals surface area contributed by atoms with Crippen LogP contribution in [-0.2, 0) is 4.79 Å². The molecule has 2 saturated heterocycles. The summed E-state index contributed by atoms with van der Waals surface area (Å²) >= 11 is 0. The molecule has 0 N–H and O–H groups in total. The van der Waals surface area contributed by atoms with E-state index in [1.54, 1.807) is 0 Å². The maximum atomic E-state index is 12.5. The Morgan fingerprint density at radius 3 is 2.83 bits per heavy atom. The third-order valence-corrected chi connectivity index (χ3v) is 4.65. The van der Waals surface area contributed by atoms with Gasteiger partial charge >= 0.3 is 0 Å². The van der Waals surface area contributed by atoms with Crippen molar-refractivity contribution < 1.29 is 4.79 Å². The van der Waals surface area contributed by atoms with Gasteiger partial charge in [0.15, 0.2) is 0 Å². The molecule has 2 aliphatic rings. The van der Waals surface area contributed by atoms with Crippen LogP contribution in [0.1, 0.15) is 52.4 Å². The summed E-state index contributed by atoms with van der Waals surface area (Å²) in [4.78, 5) is 17.2. The number of rotatable bonds is 5. The summed E-state index contributed by atoms with van der Waals surface area (Å²) in [6.07, 6.45) is 7.07. The lowest BCUT2D eigenvalue weighted by molar-refractivity contribution is -0.138. The molecule has 104 valence electrons. The second-order valence-electron chi connectivity index (χ2n) is 5.86. The number of hydrogen-bond donors (Lipinski definition) is 0. The zero-order valence-corrected chi connectivity index (χ0v) is 12.0. The molecule has 1 amide bonds. The monoisotopic (exact) mass is 252 g/mol. The minimum Gasteiger partial charge on any atom is -0.340 e. The number of hydrogen-bond acceptors (Lipinski definition) is 2. The topological polar surface area (TPSA) is 23.6 Å². The van der Waals surface area contributed by atoms with Gasteiger partial charge in [0.1, 0.15) is 0 Å². The van der Waals surface area contributed by atoms with Gasteiger partial charge in [0.05, 0.1) is 0 Å². The van der Waals surface area contributed by atoms with Crippen molar-refractivity contribution in [2.45, 2.75) is 58.4 Å². The van der Waals surface area contributed by atoms with Crippen molar-refractivity contribution in [1.82, 2.24) is 9.80 Å². The fourth-order valence-corrected chi connectivity index (χ4v) is 3.40. The summed E-state index contributed by atoms with van der Waals surface area (Å²) < 4.78 is 0. The summed E-state index contributed by atoms with van der Waals surface area (Å²) in [7, 11) is 0. The first kappa shape index (κ1) is 13.9. The standard InChI is InChI=1S/C15H28N2O/c1-3-5-7-13(4-2)15(18)17-11-10-16-9-6-8-14(16)12-17/h13-14H,3-12H2,1-2H3/t13-,14-/m0/s1. The van der Waals surface area contributed by atoms with Crippen LogP contribution >= 0.6 is 0 Å². The minimum absolute atomic E-state index is 0.276. The molecule has 0 aliphatic carbocycles. The second kappa shape index (κ2) is 6.55. The van der Waals surface area contributed by atoms with Crippen molar-refractivity contribution in [2.75, 3.05) is 26.2 Å². The van der Waals surface area contributed by atoms with Crippen molar-refractivity contribution in [2.24, 2.45) is 5.92 Å². The quantitative estimate of drug-likeness (QED) is 0.750. The summed E-state index contributed by atoms with van der Waals surface area (Å²) in [6.45, 7) is 8.65. The van der Waals surface area contributed by atoms with Gasteiger partial charge in [0.25, 0.3) is 0 Å². The number of amides is 1. The Morgan fingerprint density at radius 1 is 1.28 bits per heavy atom. The minimum atomic E-state index is 0.276. The van der Waals surface area contributed by atoms with Crippen LogP contribution in [0.4, 0.5) is 0 Å². The summed E-state index contributed by atoms with van der Waals surface area (Å²) in [5.41, 5.74) is 0. The van der Waals surface area contributed by atoms with Crippen molar-refractivity contribution >= 4 is 5.91 Å². The van der Waals surface area contributed by atoms with Crippen LogP contribution in [0.25, 0.3) is 0 Å². The Balaban J connectivity index is 1.87. The Bertz CT molecular complexity index is 280. The molecule has 0 aromatic carbocycles. The van der Waals surface area contributed by atoms with E-state index in [2.05, 4.69) is 23.6 Å². The van der Waals surface area contributed by atoms with Gasteiger partial charge in [-0.1, -0.05) is 26.7 Å². The number of unbranched alkanes of at least 4 members (excludes halogenated alkanes) is 1. The molecule has 3 nitrogen and oxygen atoms in total. The molecule has 0 bridgehead atoms. The average Bonchev–Trinajstić information content (AvgIpc) is 2.86. The molecule has 0 radical (unpaired) electrons. The van der Waals surface area contributed by atoms with Crippen molar-refractivity contribution in [3.8, 4) is 0 Å². The van der Waals surface area contributed by atoms with E-state index in [1.807, 2.05) is 0 Å². The lowest BCUT2D eigenvalue weighted by atomic mass is 9.97. The number of carbonyl (C=O) groups is 1. The van der Waals surface area contributed by atoms with E-state index in [0.717, 1.165) is 32.5 Å². The van der Waals surface area contributed by atoms with Crippen LogP contribution in [-0.4, -0.2) is 47.9 Å². The fraction of sp³-hybridized carbons (Fsp3) is 0.933. The highest BCUT2D eigenvalue weighted by Crippen LogP contribution is 2.24. The zero-order chi connectivity index (χ0) is 13.0. The molecule has 0 aromatic rings. The van der Waals surface area contributed by atoms with Crippen LogP contribution in [0.3, 0.4) is 0 Å². The molecule has 0 unspecified atom stereocenters. The zero-order valence-electron chi connectivity index (χ0n) is 12.0. The van der Waals surface area contributed by atoms with Crippen molar-refractivity contribution in [3.63, 3.8) is 0 Å². The summed E-state index contributed by atoms with van der Waals surface area (Å²) in [6, 6.07) is 0.659. The molecule has 2 aliphatic heterocycles. The van der Waals surface area contributed by atoms with Gasteiger partial charge in [-0.05, 0) is 32.2 Å². The molecular weight excluding hydrogens is 224 g/mol. The summed E-state index contributed by atoms with van der Waals surface area (Å²) in [5.74, 6) is 0.704. The number of piperazine rings is 1. The normalized spacial score (nSPS) is 26.1. The molecule has 3 heteroatoms. The molecule has 18 heavy (non-hydrogen) atoms. The lowest BCUT2D eigenvalue weighted by Crippen LogP contribution is -2.53. The van der Waals surface area contributed by atoms with Crippen LogP contribution in [0.2, 0.25) is 0 Å². The van der Waals surface area contributed by atoms with Gasteiger partial charge in [-0.3, -0.25) is 9.69 Å². The highest BCUT2D eigenvalue weighted by molar-refractivity contribution is 5.79. The second-order valence-corrected chi connectivity index (χ2v) is 5.86. The van der Waals surface area contributed by atoms with Gasteiger partial charge in [0.2, 0.25) is 5.91 Å². The van der Waals surface area contributed by atoms with E-state index in [1.165, 1.54) is 32.2 Å². The lowest BCUT2D eigenvalue weighted by Gasteiger charge is -2.39. The van der Waals surface area contributed by atoms with E-state index in [9.17, 15) is 4.79 Å². The van der Waals surface area contributed by atoms with E-state index in [0.29, 0.717) is 11.9 Å². The van der Waals surface area contributed by atoms with Gasteiger partial charge in [0, 0.05) is 31.6 Å². The van der Waals surface area contributed by atoms with Gasteiger partial charge in [-0.2, -0.15) is 0 Å². The predicted octanol–water partition coefficient (Wildman–Crippen LogP) is 2.51. The van der Waals surface area contributed by atoms with Gasteiger partial charge in [-0.15, -0.1) is 0 Å². The molecule has 2 heterocycles. The smallest absolute Gasteiger partial charge is 0.225 e. The number of carbonyl (C=O) groups excluding carboxylic acids is 1. The van der Waals surface area contributed by atoms with Crippen molar-refractivity contribution in [3.05, 3.63) is 0 Å². The van der Waals surface area contributed by atoms with E-state index < -0.39 is 0 Å². The van der Waals surface area contributed by atoms with Crippen LogP contribution in [0.15, 0.2) is 0 Å². The third-order valence-electron chi connectivity index (χ3n) is 4.65. The highest BCUT2D eigenvalue weighted by Gasteiger charge is 2.34. The molecule has 0 aromatic heterocycles. The van der Waals surface area contributed by atoms with Crippen LogP contribution in [0, 0.1) is 5.92 Å². The Morgan fingerprint density at radius 2 is 2.11 bits per heavy atom. The maximum Gasteiger partial charge on any atom is 0.225 e. The van der Waals surface area contributed by atoms with E-state index in [4.69, 9.17) is 0 Å². The molecule has 2 fully saturated rings. The Hall–Kier alpha value is -0.570. The first-order valence-electron chi connectivity index (χ1n) is 7.79. The highest BCUT2D eigenvalue weighted by atomic mass is 16.2. The summed E-state index contributed by atoms with van der Waals surface area (Å²) in [5, 5.41) is 0. The molecule has 0 spiro atoms. The van der Waals surface area contributed by atoms with Crippen LogP contribution < -0.4 is 0 Å². The largest absolute Gasteiger partial charge is 0.340 e. The maximum absolute atomic E-state index is 12.5. The van der Waals surface area contributed by atoms with Crippen LogP contribution in [0.5, 0.6) is 0 Å². The third kappa shape index (κ3) is 3.05. The molecule has 2 rings (SSSR count).